The van der Waals surface area contributed by atoms with E-state index in [2.05, 4.69) is 32.4 Å². The Kier molecular flexibility index (Phi) is 2.51. The van der Waals surface area contributed by atoms with Gasteiger partial charge in [-0.2, -0.15) is 0 Å². The molecule has 2 bridgehead atoms. The molecule has 4 rings (SSSR count). The van der Waals surface area contributed by atoms with Gasteiger partial charge in [0.15, 0.2) is 0 Å². The molecular formula is C14H19N5O. The summed E-state index contributed by atoms with van der Waals surface area (Å²) in [6.45, 7) is 4.75. The second-order valence-electron chi connectivity index (χ2n) is 6.35. The first-order valence-electron chi connectivity index (χ1n) is 7.29. The smallest absolute Gasteiger partial charge is 0.256 e. The van der Waals surface area contributed by atoms with Gasteiger partial charge in [-0.05, 0) is 19.8 Å². The molecule has 6 nitrogen and oxygen atoms in total. The van der Waals surface area contributed by atoms with Crippen molar-refractivity contribution in [3.05, 3.63) is 17.6 Å². The molecule has 0 saturated carbocycles. The van der Waals surface area contributed by atoms with Crippen molar-refractivity contribution in [2.24, 2.45) is 0 Å². The van der Waals surface area contributed by atoms with Gasteiger partial charge in [-0.3, -0.25) is 4.79 Å². The molecule has 0 spiro atoms. The van der Waals surface area contributed by atoms with E-state index in [-0.39, 0.29) is 11.4 Å². The number of amides is 1. The van der Waals surface area contributed by atoms with Crippen LogP contribution in [0.5, 0.6) is 0 Å². The van der Waals surface area contributed by atoms with Crippen LogP contribution in [-0.4, -0.2) is 47.1 Å². The molecule has 3 aliphatic rings. The molecule has 4 heterocycles. The highest BCUT2D eigenvalue weighted by Gasteiger charge is 2.42. The van der Waals surface area contributed by atoms with Crippen molar-refractivity contribution >= 4 is 11.7 Å². The first-order chi connectivity index (χ1) is 9.65. The van der Waals surface area contributed by atoms with E-state index in [1.54, 1.807) is 6.33 Å². The maximum Gasteiger partial charge on any atom is 0.256 e. The molecule has 0 radical (unpaired) electrons. The van der Waals surface area contributed by atoms with Gasteiger partial charge in [0, 0.05) is 37.6 Å². The van der Waals surface area contributed by atoms with Gasteiger partial charge < -0.3 is 15.5 Å². The minimum Gasteiger partial charge on any atom is -0.352 e. The lowest BCUT2D eigenvalue weighted by Gasteiger charge is -2.40. The van der Waals surface area contributed by atoms with Gasteiger partial charge >= 0.3 is 0 Å². The fourth-order valence-electron chi connectivity index (χ4n) is 3.76. The monoisotopic (exact) mass is 273 g/mol. The Balaban J connectivity index is 1.74. The molecule has 3 aliphatic heterocycles. The van der Waals surface area contributed by atoms with Crippen LogP contribution in [0, 0.1) is 0 Å². The topological polar surface area (TPSA) is 70.2 Å². The Morgan fingerprint density at radius 3 is 3.20 bits per heavy atom. The van der Waals surface area contributed by atoms with E-state index >= 15 is 0 Å². The minimum absolute atomic E-state index is 0.0297. The third-order valence-electron chi connectivity index (χ3n) is 4.66. The molecule has 2 fully saturated rings. The molecule has 20 heavy (non-hydrogen) atoms. The van der Waals surface area contributed by atoms with Gasteiger partial charge in [-0.15, -0.1) is 0 Å². The van der Waals surface area contributed by atoms with Gasteiger partial charge in [-0.25, -0.2) is 9.97 Å². The van der Waals surface area contributed by atoms with Crippen molar-refractivity contribution < 1.29 is 4.79 Å². The number of hydrogen-bond acceptors (Lipinski definition) is 5. The Hall–Kier alpha value is -1.69. The Labute approximate surface area is 118 Å². The van der Waals surface area contributed by atoms with Crippen molar-refractivity contribution in [2.75, 3.05) is 24.5 Å². The summed E-state index contributed by atoms with van der Waals surface area (Å²) in [6.07, 6.45) is 4.78. The third kappa shape index (κ3) is 1.78. The zero-order valence-corrected chi connectivity index (χ0v) is 11.6. The number of piperazine rings is 1. The second kappa shape index (κ2) is 4.15. The van der Waals surface area contributed by atoms with Crippen molar-refractivity contribution in [2.45, 2.75) is 37.8 Å². The SMILES string of the molecule is C[C@]12CC[C@H](CN(c3ncnc4c3C(=O)NCC4)C1)N2. The number of aromatic nitrogens is 2. The molecule has 6 heteroatoms. The van der Waals surface area contributed by atoms with E-state index < -0.39 is 0 Å². The average Bonchev–Trinajstić information content (AvgIpc) is 2.71. The Morgan fingerprint density at radius 2 is 2.35 bits per heavy atom. The fraction of sp³-hybridized carbons (Fsp3) is 0.643. The van der Waals surface area contributed by atoms with Crippen molar-refractivity contribution in [1.29, 1.82) is 0 Å². The van der Waals surface area contributed by atoms with E-state index in [1.165, 1.54) is 12.8 Å². The fourth-order valence-corrected chi connectivity index (χ4v) is 3.76. The lowest BCUT2D eigenvalue weighted by Crippen LogP contribution is -2.58. The van der Waals surface area contributed by atoms with Gasteiger partial charge in [0.05, 0.1) is 5.69 Å². The predicted octanol–water partition coefficient (Wildman–Crippen LogP) is 0.0932. The normalized spacial score (nSPS) is 31.9. The third-order valence-corrected chi connectivity index (χ3v) is 4.66. The van der Waals surface area contributed by atoms with Gasteiger partial charge in [0.25, 0.3) is 5.91 Å². The van der Waals surface area contributed by atoms with Crippen LogP contribution in [0.15, 0.2) is 6.33 Å². The summed E-state index contributed by atoms with van der Waals surface area (Å²) in [4.78, 5) is 23.1. The molecule has 2 atom stereocenters. The van der Waals surface area contributed by atoms with Gasteiger partial charge in [-0.1, -0.05) is 0 Å². The van der Waals surface area contributed by atoms with Crippen LogP contribution in [-0.2, 0) is 6.42 Å². The highest BCUT2D eigenvalue weighted by Crippen LogP contribution is 2.33. The molecule has 0 aliphatic carbocycles. The van der Waals surface area contributed by atoms with E-state index in [0.29, 0.717) is 18.2 Å². The Bertz CT molecular complexity index is 575. The number of hydrogen-bond donors (Lipinski definition) is 2. The maximum absolute atomic E-state index is 12.2. The zero-order valence-electron chi connectivity index (χ0n) is 11.6. The summed E-state index contributed by atoms with van der Waals surface area (Å²) < 4.78 is 0. The van der Waals surface area contributed by atoms with Crippen LogP contribution in [0.1, 0.15) is 35.8 Å². The molecule has 1 aromatic rings. The van der Waals surface area contributed by atoms with Crippen LogP contribution >= 0.6 is 0 Å². The lowest BCUT2D eigenvalue weighted by molar-refractivity contribution is 0.0945. The summed E-state index contributed by atoms with van der Waals surface area (Å²) in [5, 5.41) is 6.58. The highest BCUT2D eigenvalue weighted by molar-refractivity contribution is 6.00. The number of rotatable bonds is 1. The molecular weight excluding hydrogens is 254 g/mol. The van der Waals surface area contributed by atoms with Gasteiger partial charge in [0.2, 0.25) is 0 Å². The number of carbonyl (C=O) groups excluding carboxylic acids is 1. The number of anilines is 1. The van der Waals surface area contributed by atoms with E-state index in [4.69, 9.17) is 0 Å². The second-order valence-corrected chi connectivity index (χ2v) is 6.35. The maximum atomic E-state index is 12.2. The molecule has 1 aromatic heterocycles. The summed E-state index contributed by atoms with van der Waals surface area (Å²) in [5.41, 5.74) is 1.71. The number of fused-ring (bicyclic) bond motifs is 3. The molecule has 2 N–H and O–H groups in total. The quantitative estimate of drug-likeness (QED) is 0.759. The van der Waals surface area contributed by atoms with Crippen LogP contribution in [0.3, 0.4) is 0 Å². The molecule has 0 aromatic carbocycles. The first-order valence-corrected chi connectivity index (χ1v) is 7.29. The summed E-state index contributed by atoms with van der Waals surface area (Å²) in [5.74, 6) is 0.782. The molecule has 106 valence electrons. The molecule has 2 saturated heterocycles. The lowest BCUT2D eigenvalue weighted by atomic mass is 9.99. The largest absolute Gasteiger partial charge is 0.352 e. The predicted molar refractivity (Wildman–Crippen MR) is 74.8 cm³/mol. The highest BCUT2D eigenvalue weighted by atomic mass is 16.1. The van der Waals surface area contributed by atoms with Crippen LogP contribution in [0.25, 0.3) is 0 Å². The summed E-state index contributed by atoms with van der Waals surface area (Å²) >= 11 is 0. The van der Waals surface area contributed by atoms with Gasteiger partial charge in [0.1, 0.15) is 17.7 Å². The van der Waals surface area contributed by atoms with Crippen LogP contribution in [0.2, 0.25) is 0 Å². The van der Waals surface area contributed by atoms with Crippen LogP contribution in [0.4, 0.5) is 5.82 Å². The standard InChI is InChI=1S/C14H19N5O/c1-14-4-2-9(18-14)6-19(7-14)12-11-10(16-8-17-12)3-5-15-13(11)20/h8-9,18H,2-7H2,1H3,(H,15,20)/t9-,14+/m1/s1. The van der Waals surface area contributed by atoms with E-state index in [0.717, 1.165) is 31.0 Å². The van der Waals surface area contributed by atoms with Crippen molar-refractivity contribution in [3.8, 4) is 0 Å². The summed E-state index contributed by atoms with van der Waals surface area (Å²) in [7, 11) is 0. The molecule has 1 amide bonds. The number of nitrogens with one attached hydrogen (secondary N) is 2. The first kappa shape index (κ1) is 12.1. The van der Waals surface area contributed by atoms with Crippen LogP contribution < -0.4 is 15.5 Å². The van der Waals surface area contributed by atoms with E-state index in [9.17, 15) is 4.79 Å². The Morgan fingerprint density at radius 1 is 1.45 bits per heavy atom. The van der Waals surface area contributed by atoms with Crippen molar-refractivity contribution in [3.63, 3.8) is 0 Å². The van der Waals surface area contributed by atoms with E-state index in [1.807, 2.05) is 0 Å². The number of carbonyl (C=O) groups is 1. The summed E-state index contributed by atoms with van der Waals surface area (Å²) in [6, 6.07) is 0.506. The molecule has 0 unspecified atom stereocenters. The number of nitrogens with zero attached hydrogens (tertiary/aromatic N) is 3. The zero-order chi connectivity index (χ0) is 13.7. The minimum atomic E-state index is -0.0297. The van der Waals surface area contributed by atoms with Crippen molar-refractivity contribution in [1.82, 2.24) is 20.6 Å². The average molecular weight is 273 g/mol.